The Morgan fingerprint density at radius 1 is 1.11 bits per heavy atom. The molecule has 0 spiro atoms. The van der Waals surface area contributed by atoms with Gasteiger partial charge in [0.05, 0.1) is 5.69 Å². The zero-order valence-corrected chi connectivity index (χ0v) is 13.0. The normalized spacial score (nSPS) is 13.6. The number of nitrogens with zero attached hydrogens (tertiary/aromatic N) is 2. The average Bonchev–Trinajstić information content (AvgIpc) is 2.54. The maximum atomic E-state index is 4.65. The molecule has 0 aromatic carbocycles. The van der Waals surface area contributed by atoms with Crippen molar-refractivity contribution >= 4 is 0 Å². The molecule has 0 bridgehead atoms. The summed E-state index contributed by atoms with van der Waals surface area (Å²) in [5.74, 6) is 0.648. The first-order valence-electron chi connectivity index (χ1n) is 7.10. The minimum atomic E-state index is 0.446. The van der Waals surface area contributed by atoms with Gasteiger partial charge < -0.3 is 5.32 Å². The van der Waals surface area contributed by atoms with Gasteiger partial charge in [-0.1, -0.05) is 20.8 Å². The van der Waals surface area contributed by atoms with E-state index in [-0.39, 0.29) is 0 Å². The fourth-order valence-corrected chi connectivity index (χ4v) is 2.35. The Bertz CT molecular complexity index is 377. The Morgan fingerprint density at radius 2 is 1.72 bits per heavy atom. The molecular weight excluding hydrogens is 222 g/mol. The lowest BCUT2D eigenvalue weighted by Crippen LogP contribution is -2.28. The second-order valence-electron chi connectivity index (χ2n) is 6.06. The first kappa shape index (κ1) is 15.2. The Hall–Kier alpha value is -0.830. The second-order valence-corrected chi connectivity index (χ2v) is 6.06. The molecule has 1 heterocycles. The highest BCUT2D eigenvalue weighted by Gasteiger charge is 2.15. The lowest BCUT2D eigenvalue weighted by Gasteiger charge is -2.15. The smallest absolute Gasteiger partial charge is 0.0628 e. The quantitative estimate of drug-likeness (QED) is 0.841. The fourth-order valence-electron chi connectivity index (χ4n) is 2.35. The van der Waals surface area contributed by atoms with Crippen LogP contribution < -0.4 is 5.32 Å². The number of aryl methyl sites for hydroxylation is 1. The van der Waals surface area contributed by atoms with Gasteiger partial charge in [0.25, 0.3) is 0 Å². The number of rotatable bonds is 6. The van der Waals surface area contributed by atoms with Crippen molar-refractivity contribution in [1.82, 2.24) is 15.1 Å². The van der Waals surface area contributed by atoms with E-state index in [1.165, 1.54) is 17.0 Å². The van der Waals surface area contributed by atoms with Crippen molar-refractivity contribution in [3.63, 3.8) is 0 Å². The first-order chi connectivity index (χ1) is 8.32. The van der Waals surface area contributed by atoms with E-state index < -0.39 is 0 Å². The van der Waals surface area contributed by atoms with Crippen LogP contribution >= 0.6 is 0 Å². The van der Waals surface area contributed by atoms with E-state index in [9.17, 15) is 0 Å². The number of hydrogen-bond donors (Lipinski definition) is 1. The highest BCUT2D eigenvalue weighted by molar-refractivity contribution is 5.25. The molecule has 0 aliphatic rings. The van der Waals surface area contributed by atoms with Crippen LogP contribution in [0.5, 0.6) is 0 Å². The molecule has 1 aromatic rings. The largest absolute Gasteiger partial charge is 0.314 e. The standard InChI is InChI=1S/C15H29N3/c1-10(2)16-9-12(5)8-15-13(6)17-18(11(3)4)14(15)7/h10-12,16H,8-9H2,1-7H3. The van der Waals surface area contributed by atoms with E-state index in [1.54, 1.807) is 0 Å². The third-order valence-electron chi connectivity index (χ3n) is 3.39. The third kappa shape index (κ3) is 3.84. The zero-order chi connectivity index (χ0) is 13.9. The predicted molar refractivity (Wildman–Crippen MR) is 78.1 cm³/mol. The van der Waals surface area contributed by atoms with Gasteiger partial charge in [0.15, 0.2) is 0 Å². The van der Waals surface area contributed by atoms with Gasteiger partial charge in [-0.05, 0) is 52.1 Å². The van der Waals surface area contributed by atoms with Crippen LogP contribution in [-0.4, -0.2) is 22.4 Å². The maximum absolute atomic E-state index is 4.65. The fraction of sp³-hybridized carbons (Fsp3) is 0.800. The number of aromatic nitrogens is 2. The minimum Gasteiger partial charge on any atom is -0.314 e. The molecule has 104 valence electrons. The minimum absolute atomic E-state index is 0.446. The van der Waals surface area contributed by atoms with Gasteiger partial charge in [0.1, 0.15) is 0 Å². The molecule has 1 rings (SSSR count). The van der Waals surface area contributed by atoms with Crippen molar-refractivity contribution < 1.29 is 0 Å². The molecule has 3 nitrogen and oxygen atoms in total. The average molecular weight is 251 g/mol. The summed E-state index contributed by atoms with van der Waals surface area (Å²) in [7, 11) is 0. The second kappa shape index (κ2) is 6.37. The van der Waals surface area contributed by atoms with Gasteiger partial charge in [-0.2, -0.15) is 5.10 Å². The molecule has 0 saturated carbocycles. The van der Waals surface area contributed by atoms with Crippen LogP contribution in [0.25, 0.3) is 0 Å². The molecule has 0 radical (unpaired) electrons. The molecule has 0 amide bonds. The van der Waals surface area contributed by atoms with Crippen LogP contribution in [0.2, 0.25) is 0 Å². The highest BCUT2D eigenvalue weighted by Crippen LogP contribution is 2.20. The number of hydrogen-bond acceptors (Lipinski definition) is 2. The molecule has 1 aromatic heterocycles. The van der Waals surface area contributed by atoms with E-state index >= 15 is 0 Å². The third-order valence-corrected chi connectivity index (χ3v) is 3.39. The molecule has 0 aliphatic heterocycles. The molecule has 0 fully saturated rings. The molecule has 0 aliphatic carbocycles. The van der Waals surface area contributed by atoms with Gasteiger partial charge >= 0.3 is 0 Å². The molecule has 18 heavy (non-hydrogen) atoms. The van der Waals surface area contributed by atoms with Gasteiger partial charge in [-0.15, -0.1) is 0 Å². The van der Waals surface area contributed by atoms with Crippen LogP contribution in [0.4, 0.5) is 0 Å². The van der Waals surface area contributed by atoms with Crippen LogP contribution in [0.15, 0.2) is 0 Å². The molecule has 1 unspecified atom stereocenters. The van der Waals surface area contributed by atoms with E-state index in [2.05, 4.69) is 63.6 Å². The zero-order valence-electron chi connectivity index (χ0n) is 13.0. The van der Waals surface area contributed by atoms with E-state index in [1.807, 2.05) is 0 Å². The van der Waals surface area contributed by atoms with Crippen molar-refractivity contribution in [2.24, 2.45) is 5.92 Å². The van der Waals surface area contributed by atoms with Crippen molar-refractivity contribution in [2.45, 2.75) is 67.0 Å². The van der Waals surface area contributed by atoms with E-state index in [4.69, 9.17) is 0 Å². The highest BCUT2D eigenvalue weighted by atomic mass is 15.3. The maximum Gasteiger partial charge on any atom is 0.0628 e. The van der Waals surface area contributed by atoms with E-state index in [0.29, 0.717) is 18.0 Å². The summed E-state index contributed by atoms with van der Waals surface area (Å²) in [5.41, 5.74) is 3.96. The summed E-state index contributed by atoms with van der Waals surface area (Å²) in [6.45, 7) is 16.5. The van der Waals surface area contributed by atoms with Gasteiger partial charge in [-0.3, -0.25) is 4.68 Å². The molecule has 0 saturated heterocycles. The Morgan fingerprint density at radius 3 is 2.17 bits per heavy atom. The van der Waals surface area contributed by atoms with Crippen molar-refractivity contribution in [3.05, 3.63) is 17.0 Å². The van der Waals surface area contributed by atoms with Crippen molar-refractivity contribution in [1.29, 1.82) is 0 Å². The van der Waals surface area contributed by atoms with Gasteiger partial charge in [0.2, 0.25) is 0 Å². The van der Waals surface area contributed by atoms with Gasteiger partial charge in [-0.25, -0.2) is 0 Å². The summed E-state index contributed by atoms with van der Waals surface area (Å²) in [6, 6.07) is 1.01. The Balaban J connectivity index is 2.72. The van der Waals surface area contributed by atoms with Crippen LogP contribution in [0.3, 0.4) is 0 Å². The summed E-state index contributed by atoms with van der Waals surface area (Å²) in [4.78, 5) is 0. The predicted octanol–water partition coefficient (Wildman–Crippen LogP) is 3.26. The topological polar surface area (TPSA) is 29.9 Å². The van der Waals surface area contributed by atoms with E-state index in [0.717, 1.165) is 13.0 Å². The lowest BCUT2D eigenvalue weighted by molar-refractivity contribution is 0.473. The van der Waals surface area contributed by atoms with Crippen LogP contribution in [-0.2, 0) is 6.42 Å². The Kier molecular flexibility index (Phi) is 5.39. The summed E-state index contributed by atoms with van der Waals surface area (Å²) in [5, 5.41) is 8.16. The number of nitrogens with one attached hydrogen (secondary N) is 1. The van der Waals surface area contributed by atoms with Crippen LogP contribution in [0.1, 0.15) is 57.6 Å². The van der Waals surface area contributed by atoms with Crippen molar-refractivity contribution in [3.8, 4) is 0 Å². The molecule has 3 heteroatoms. The first-order valence-corrected chi connectivity index (χ1v) is 7.10. The van der Waals surface area contributed by atoms with Gasteiger partial charge in [0, 0.05) is 17.8 Å². The SMILES string of the molecule is Cc1nn(C(C)C)c(C)c1CC(C)CNC(C)C. The van der Waals surface area contributed by atoms with Crippen molar-refractivity contribution in [2.75, 3.05) is 6.54 Å². The Labute approximate surface area is 112 Å². The molecular formula is C15H29N3. The molecule has 1 N–H and O–H groups in total. The monoisotopic (exact) mass is 251 g/mol. The summed E-state index contributed by atoms with van der Waals surface area (Å²) < 4.78 is 2.15. The van der Waals surface area contributed by atoms with Crippen LogP contribution in [0, 0.1) is 19.8 Å². The lowest BCUT2D eigenvalue weighted by atomic mass is 9.99. The summed E-state index contributed by atoms with van der Waals surface area (Å²) in [6.07, 6.45) is 1.12. The molecule has 1 atom stereocenters. The summed E-state index contributed by atoms with van der Waals surface area (Å²) >= 11 is 0.